The highest BCUT2D eigenvalue weighted by atomic mass is 32.2. The quantitative estimate of drug-likeness (QED) is 0.606. The Balaban J connectivity index is 1.55. The molecule has 3 rings (SSSR count). The van der Waals surface area contributed by atoms with Crippen molar-refractivity contribution in [3.8, 4) is 5.75 Å². The molecule has 2 heterocycles. The van der Waals surface area contributed by atoms with E-state index in [-0.39, 0.29) is 11.5 Å². The van der Waals surface area contributed by atoms with E-state index >= 15 is 0 Å². The number of thiazole rings is 1. The molecule has 2 aromatic heterocycles. The molecule has 3 aromatic rings. The Labute approximate surface area is 152 Å². The minimum Gasteiger partial charge on any atom is -0.486 e. The third-order valence-electron chi connectivity index (χ3n) is 3.29. The van der Waals surface area contributed by atoms with Crippen LogP contribution >= 0.6 is 23.1 Å². The maximum atomic E-state index is 12.9. The predicted molar refractivity (Wildman–Crippen MR) is 95.5 cm³/mol. The summed E-state index contributed by atoms with van der Waals surface area (Å²) >= 11 is 2.98. The summed E-state index contributed by atoms with van der Waals surface area (Å²) in [4.78, 5) is 16.2. The molecule has 0 atom stereocenters. The number of H-pyrrole nitrogens is 1. The summed E-state index contributed by atoms with van der Waals surface area (Å²) in [6.07, 6.45) is 0.870. The van der Waals surface area contributed by atoms with Gasteiger partial charge in [0.25, 0.3) is 0 Å². The van der Waals surface area contributed by atoms with Gasteiger partial charge in [0.2, 0.25) is 0 Å². The van der Waals surface area contributed by atoms with E-state index < -0.39 is 0 Å². The topological polar surface area (TPSA) is 72.8 Å². The van der Waals surface area contributed by atoms with E-state index in [1.165, 1.54) is 35.2 Å². The highest BCUT2D eigenvalue weighted by Crippen LogP contribution is 2.22. The lowest BCUT2D eigenvalue weighted by Gasteiger charge is -2.03. The van der Waals surface area contributed by atoms with Gasteiger partial charge in [0.15, 0.2) is 5.16 Å². The van der Waals surface area contributed by atoms with Crippen molar-refractivity contribution in [3.63, 3.8) is 0 Å². The maximum absolute atomic E-state index is 12.9. The Kier molecular flexibility index (Phi) is 5.87. The largest absolute Gasteiger partial charge is 0.486 e. The first-order valence-electron chi connectivity index (χ1n) is 7.75. The summed E-state index contributed by atoms with van der Waals surface area (Å²) in [5, 5.41) is 10.0. The first-order chi connectivity index (χ1) is 12.2. The summed E-state index contributed by atoms with van der Waals surface area (Å²) in [5.41, 5.74) is 0.724. The SMILES string of the molecule is CCCn1c(SCc2csc(COc3ccc(F)cc3)n2)n[nH]c1=O. The lowest BCUT2D eigenvalue weighted by molar-refractivity contribution is 0.305. The summed E-state index contributed by atoms with van der Waals surface area (Å²) in [6.45, 7) is 3.00. The number of aromatic amines is 1. The standard InChI is InChI=1S/C16H17FN4O2S2/c1-2-7-21-15(22)19-20-16(21)25-10-12-9-24-14(18-12)8-23-13-5-3-11(17)4-6-13/h3-6,9H,2,7-8,10H2,1H3,(H,19,22). The summed E-state index contributed by atoms with van der Waals surface area (Å²) in [6, 6.07) is 5.90. The van der Waals surface area contributed by atoms with Crippen LogP contribution in [-0.4, -0.2) is 19.7 Å². The third-order valence-corrected chi connectivity index (χ3v) is 5.18. The Morgan fingerprint density at radius 1 is 1.36 bits per heavy atom. The molecule has 25 heavy (non-hydrogen) atoms. The predicted octanol–water partition coefficient (Wildman–Crippen LogP) is 3.45. The molecule has 0 bridgehead atoms. The van der Waals surface area contributed by atoms with E-state index in [1.807, 2.05) is 12.3 Å². The number of ether oxygens (including phenoxy) is 1. The van der Waals surface area contributed by atoms with Crippen molar-refractivity contribution in [1.82, 2.24) is 19.7 Å². The molecule has 0 unspecified atom stereocenters. The van der Waals surface area contributed by atoms with Crippen LogP contribution in [0.5, 0.6) is 5.75 Å². The molecular weight excluding hydrogens is 363 g/mol. The second-order valence-corrected chi connectivity index (χ2v) is 7.11. The van der Waals surface area contributed by atoms with Gasteiger partial charge in [-0.2, -0.15) is 0 Å². The first-order valence-corrected chi connectivity index (χ1v) is 9.62. The van der Waals surface area contributed by atoms with Crippen molar-refractivity contribution in [2.24, 2.45) is 0 Å². The van der Waals surface area contributed by atoms with Crippen LogP contribution in [0.1, 0.15) is 24.0 Å². The zero-order valence-corrected chi connectivity index (χ0v) is 15.2. The number of thioether (sulfide) groups is 1. The van der Waals surface area contributed by atoms with E-state index in [4.69, 9.17) is 4.74 Å². The zero-order valence-electron chi connectivity index (χ0n) is 13.6. The average molecular weight is 380 g/mol. The van der Waals surface area contributed by atoms with Crippen LogP contribution in [0, 0.1) is 5.82 Å². The van der Waals surface area contributed by atoms with Crippen LogP contribution < -0.4 is 10.4 Å². The number of aromatic nitrogens is 4. The summed E-state index contributed by atoms with van der Waals surface area (Å²) in [5.74, 6) is 0.939. The zero-order chi connectivity index (χ0) is 17.6. The molecule has 0 saturated heterocycles. The number of benzene rings is 1. The fraction of sp³-hybridized carbons (Fsp3) is 0.312. The highest BCUT2D eigenvalue weighted by molar-refractivity contribution is 7.98. The minimum atomic E-state index is -0.291. The van der Waals surface area contributed by atoms with Crippen molar-refractivity contribution in [2.45, 2.75) is 37.4 Å². The number of hydrogen-bond donors (Lipinski definition) is 1. The van der Waals surface area contributed by atoms with Crippen LogP contribution in [0.4, 0.5) is 4.39 Å². The van der Waals surface area contributed by atoms with Crippen LogP contribution in [0.3, 0.4) is 0 Å². The van der Waals surface area contributed by atoms with Crippen LogP contribution in [0.15, 0.2) is 39.6 Å². The van der Waals surface area contributed by atoms with Crippen molar-refractivity contribution in [1.29, 1.82) is 0 Å². The Bertz CT molecular complexity index is 873. The Morgan fingerprint density at radius 2 is 2.16 bits per heavy atom. The van der Waals surface area contributed by atoms with Crippen molar-refractivity contribution < 1.29 is 9.13 Å². The second kappa shape index (κ2) is 8.30. The van der Waals surface area contributed by atoms with Gasteiger partial charge in [0.1, 0.15) is 23.2 Å². The van der Waals surface area contributed by atoms with Gasteiger partial charge in [0, 0.05) is 17.7 Å². The molecule has 6 nitrogen and oxygen atoms in total. The van der Waals surface area contributed by atoms with Gasteiger partial charge in [-0.05, 0) is 30.7 Å². The molecule has 0 fully saturated rings. The van der Waals surface area contributed by atoms with Gasteiger partial charge >= 0.3 is 5.69 Å². The molecule has 1 N–H and O–H groups in total. The van der Waals surface area contributed by atoms with Crippen LogP contribution in [0.2, 0.25) is 0 Å². The average Bonchev–Trinajstić information content (AvgIpc) is 3.20. The number of nitrogens with one attached hydrogen (secondary N) is 1. The van der Waals surface area contributed by atoms with Crippen molar-refractivity contribution in [2.75, 3.05) is 0 Å². The lowest BCUT2D eigenvalue weighted by atomic mass is 10.3. The Hall–Kier alpha value is -2.13. The molecule has 0 aliphatic carbocycles. The summed E-state index contributed by atoms with van der Waals surface area (Å²) < 4.78 is 20.1. The fourth-order valence-corrected chi connectivity index (χ4v) is 3.81. The minimum absolute atomic E-state index is 0.184. The monoisotopic (exact) mass is 380 g/mol. The lowest BCUT2D eigenvalue weighted by Crippen LogP contribution is -2.17. The molecule has 0 spiro atoms. The molecule has 0 aliphatic rings. The van der Waals surface area contributed by atoms with E-state index in [2.05, 4.69) is 15.2 Å². The molecule has 0 aliphatic heterocycles. The van der Waals surface area contributed by atoms with Gasteiger partial charge in [-0.15, -0.1) is 16.4 Å². The van der Waals surface area contributed by atoms with Gasteiger partial charge in [-0.1, -0.05) is 18.7 Å². The number of rotatable bonds is 8. The highest BCUT2D eigenvalue weighted by Gasteiger charge is 2.10. The number of halogens is 1. The van der Waals surface area contributed by atoms with E-state index in [0.717, 1.165) is 17.1 Å². The van der Waals surface area contributed by atoms with Crippen LogP contribution in [0.25, 0.3) is 0 Å². The fourth-order valence-electron chi connectivity index (χ4n) is 2.13. The number of nitrogens with zero attached hydrogens (tertiary/aromatic N) is 3. The van der Waals surface area contributed by atoms with E-state index in [0.29, 0.717) is 29.8 Å². The first kappa shape index (κ1) is 17.7. The van der Waals surface area contributed by atoms with Crippen molar-refractivity contribution >= 4 is 23.1 Å². The van der Waals surface area contributed by atoms with Gasteiger partial charge in [0.05, 0.1) is 5.69 Å². The maximum Gasteiger partial charge on any atom is 0.343 e. The second-order valence-electron chi connectivity index (χ2n) is 5.23. The smallest absolute Gasteiger partial charge is 0.343 e. The molecule has 0 radical (unpaired) electrons. The van der Waals surface area contributed by atoms with Gasteiger partial charge in [-0.25, -0.2) is 19.3 Å². The van der Waals surface area contributed by atoms with E-state index in [9.17, 15) is 9.18 Å². The Morgan fingerprint density at radius 3 is 2.92 bits per heavy atom. The van der Waals surface area contributed by atoms with Crippen molar-refractivity contribution in [3.05, 3.63) is 56.6 Å². The number of hydrogen-bond acceptors (Lipinski definition) is 6. The molecule has 0 saturated carbocycles. The van der Waals surface area contributed by atoms with Crippen LogP contribution in [-0.2, 0) is 18.9 Å². The van der Waals surface area contributed by atoms with Gasteiger partial charge in [-0.3, -0.25) is 4.57 Å². The normalized spacial score (nSPS) is 11.0. The van der Waals surface area contributed by atoms with Gasteiger partial charge < -0.3 is 4.74 Å². The molecule has 9 heteroatoms. The molecule has 132 valence electrons. The summed E-state index contributed by atoms with van der Waals surface area (Å²) in [7, 11) is 0. The third kappa shape index (κ3) is 4.70. The van der Waals surface area contributed by atoms with E-state index in [1.54, 1.807) is 16.7 Å². The molecule has 0 amide bonds. The molecular formula is C16H17FN4O2S2. The molecule has 1 aromatic carbocycles.